The summed E-state index contributed by atoms with van der Waals surface area (Å²) in [5.41, 5.74) is 3.63. The summed E-state index contributed by atoms with van der Waals surface area (Å²) in [6.07, 6.45) is 7.32. The highest BCUT2D eigenvalue weighted by molar-refractivity contribution is 6.27. The minimum absolute atomic E-state index is 0.207. The van der Waals surface area contributed by atoms with Crippen LogP contribution >= 0.6 is 0 Å². The van der Waals surface area contributed by atoms with Crippen LogP contribution in [0.1, 0.15) is 50.3 Å². The molecule has 1 saturated heterocycles. The molecule has 9 heteroatoms. The summed E-state index contributed by atoms with van der Waals surface area (Å²) in [5, 5.41) is 19.4. The van der Waals surface area contributed by atoms with Gasteiger partial charge >= 0.3 is 11.9 Å². The van der Waals surface area contributed by atoms with E-state index in [9.17, 15) is 4.39 Å². The van der Waals surface area contributed by atoms with Crippen LogP contribution in [0, 0.1) is 5.82 Å². The number of benzene rings is 1. The largest absolute Gasteiger partial charge is 0.473 e. The van der Waals surface area contributed by atoms with E-state index in [2.05, 4.69) is 23.8 Å². The van der Waals surface area contributed by atoms with Gasteiger partial charge in [0.15, 0.2) is 0 Å². The van der Waals surface area contributed by atoms with Gasteiger partial charge in [0.25, 0.3) is 0 Å². The van der Waals surface area contributed by atoms with Crippen molar-refractivity contribution in [1.29, 1.82) is 0 Å². The Labute approximate surface area is 186 Å². The van der Waals surface area contributed by atoms with Gasteiger partial charge in [-0.3, -0.25) is 4.90 Å². The molecule has 2 heterocycles. The predicted octanol–water partition coefficient (Wildman–Crippen LogP) is 3.09. The number of carboxylic acids is 2. The molecule has 1 aromatic carbocycles. The maximum absolute atomic E-state index is 13.2. The second kappa shape index (κ2) is 10.7. The molecule has 2 aliphatic rings. The molecular weight excluding hydrogens is 417 g/mol. The summed E-state index contributed by atoms with van der Waals surface area (Å²) >= 11 is 0. The highest BCUT2D eigenvalue weighted by atomic mass is 19.1. The van der Waals surface area contributed by atoms with Crippen molar-refractivity contribution < 1.29 is 28.9 Å². The first-order valence-corrected chi connectivity index (χ1v) is 10.9. The minimum atomic E-state index is -1.82. The SMILES string of the molecule is CC1CN(CCC2CCCc3c2cnn3-c2ccc(F)cc2)CC(C)O1.O=C(O)C(=O)O. The van der Waals surface area contributed by atoms with E-state index >= 15 is 0 Å². The summed E-state index contributed by atoms with van der Waals surface area (Å²) in [4.78, 5) is 20.7. The number of halogens is 1. The van der Waals surface area contributed by atoms with E-state index in [1.165, 1.54) is 42.7 Å². The first kappa shape index (κ1) is 23.9. The molecule has 1 aliphatic carbocycles. The summed E-state index contributed by atoms with van der Waals surface area (Å²) in [6.45, 7) is 7.49. The Hall–Kier alpha value is -2.78. The van der Waals surface area contributed by atoms with Gasteiger partial charge in [-0.15, -0.1) is 0 Å². The number of hydrogen-bond donors (Lipinski definition) is 2. The molecule has 4 rings (SSSR count). The van der Waals surface area contributed by atoms with Crippen LogP contribution in [-0.4, -0.2) is 68.7 Å². The summed E-state index contributed by atoms with van der Waals surface area (Å²) in [6, 6.07) is 6.63. The van der Waals surface area contributed by atoms with Crippen LogP contribution in [0.4, 0.5) is 4.39 Å². The molecule has 1 aromatic heterocycles. The predicted molar refractivity (Wildman–Crippen MR) is 116 cm³/mol. The third-order valence-electron chi connectivity index (χ3n) is 5.85. The van der Waals surface area contributed by atoms with Crippen molar-refractivity contribution in [3.05, 3.63) is 47.5 Å². The Bertz CT molecular complexity index is 908. The molecule has 0 radical (unpaired) electrons. The number of carboxylic acid groups (broad SMARTS) is 2. The van der Waals surface area contributed by atoms with Gasteiger partial charge in [0, 0.05) is 18.8 Å². The fraction of sp³-hybridized carbons (Fsp3) is 0.522. The number of morpholine rings is 1. The number of carbonyl (C=O) groups is 2. The first-order chi connectivity index (χ1) is 15.2. The third-order valence-corrected chi connectivity index (χ3v) is 5.85. The average Bonchev–Trinajstić information content (AvgIpc) is 3.17. The van der Waals surface area contributed by atoms with Crippen LogP contribution in [0.25, 0.3) is 5.69 Å². The molecular formula is C23H30FN3O5. The van der Waals surface area contributed by atoms with Crippen LogP contribution in [0.5, 0.6) is 0 Å². The van der Waals surface area contributed by atoms with Gasteiger partial charge < -0.3 is 14.9 Å². The lowest BCUT2D eigenvalue weighted by Crippen LogP contribution is -2.45. The monoisotopic (exact) mass is 447 g/mol. The normalized spacial score (nSPS) is 23.0. The Morgan fingerprint density at radius 3 is 2.34 bits per heavy atom. The van der Waals surface area contributed by atoms with Crippen molar-refractivity contribution in [2.75, 3.05) is 19.6 Å². The number of rotatable bonds is 4. The first-order valence-electron chi connectivity index (χ1n) is 10.9. The summed E-state index contributed by atoms with van der Waals surface area (Å²) in [7, 11) is 0. The lowest BCUT2D eigenvalue weighted by Gasteiger charge is -2.36. The maximum Gasteiger partial charge on any atom is 0.414 e. The van der Waals surface area contributed by atoms with E-state index in [0.29, 0.717) is 18.1 Å². The second-order valence-electron chi connectivity index (χ2n) is 8.44. The molecule has 0 spiro atoms. The van der Waals surface area contributed by atoms with Crippen molar-refractivity contribution in [2.45, 2.75) is 57.7 Å². The zero-order valence-corrected chi connectivity index (χ0v) is 18.4. The van der Waals surface area contributed by atoms with Crippen LogP contribution in [0.3, 0.4) is 0 Å². The fourth-order valence-electron chi connectivity index (χ4n) is 4.56. The zero-order valence-electron chi connectivity index (χ0n) is 18.4. The highest BCUT2D eigenvalue weighted by Gasteiger charge is 2.27. The summed E-state index contributed by atoms with van der Waals surface area (Å²) in [5.74, 6) is -3.28. The molecule has 3 unspecified atom stereocenters. The maximum atomic E-state index is 13.2. The van der Waals surface area contributed by atoms with Crippen LogP contribution < -0.4 is 0 Å². The van der Waals surface area contributed by atoms with Gasteiger partial charge in [-0.1, -0.05) is 0 Å². The molecule has 1 fully saturated rings. The second-order valence-corrected chi connectivity index (χ2v) is 8.44. The molecule has 2 aromatic rings. The van der Waals surface area contributed by atoms with Crippen molar-refractivity contribution in [1.82, 2.24) is 14.7 Å². The van der Waals surface area contributed by atoms with E-state index in [1.54, 1.807) is 0 Å². The molecule has 3 atom stereocenters. The van der Waals surface area contributed by atoms with Gasteiger partial charge in [-0.2, -0.15) is 5.10 Å². The Balaban J connectivity index is 0.000000427. The number of hydrogen-bond acceptors (Lipinski definition) is 5. The molecule has 0 bridgehead atoms. The molecule has 0 amide bonds. The van der Waals surface area contributed by atoms with E-state index in [-0.39, 0.29) is 5.82 Å². The van der Waals surface area contributed by atoms with E-state index < -0.39 is 11.9 Å². The number of aromatic nitrogens is 2. The number of aliphatic carboxylic acids is 2. The molecule has 32 heavy (non-hydrogen) atoms. The van der Waals surface area contributed by atoms with Crippen molar-refractivity contribution in [3.63, 3.8) is 0 Å². The van der Waals surface area contributed by atoms with E-state index in [4.69, 9.17) is 24.5 Å². The molecule has 174 valence electrons. The zero-order chi connectivity index (χ0) is 23.3. The number of ether oxygens (including phenoxy) is 1. The van der Waals surface area contributed by atoms with Crippen molar-refractivity contribution in [3.8, 4) is 5.69 Å². The lowest BCUT2D eigenvalue weighted by atomic mass is 9.84. The molecule has 8 nitrogen and oxygen atoms in total. The van der Waals surface area contributed by atoms with Crippen LogP contribution in [-0.2, 0) is 20.7 Å². The fourth-order valence-corrected chi connectivity index (χ4v) is 4.56. The molecule has 1 aliphatic heterocycles. The quantitative estimate of drug-likeness (QED) is 0.694. The Morgan fingerprint density at radius 1 is 1.12 bits per heavy atom. The van der Waals surface area contributed by atoms with Gasteiger partial charge in [0.2, 0.25) is 0 Å². The highest BCUT2D eigenvalue weighted by Crippen LogP contribution is 2.35. The molecule has 0 saturated carbocycles. The van der Waals surface area contributed by atoms with Gasteiger partial charge in [-0.25, -0.2) is 18.7 Å². The molecule has 2 N–H and O–H groups in total. The smallest absolute Gasteiger partial charge is 0.414 e. The Morgan fingerprint density at radius 2 is 1.75 bits per heavy atom. The summed E-state index contributed by atoms with van der Waals surface area (Å²) < 4.78 is 21.1. The van der Waals surface area contributed by atoms with E-state index in [1.807, 2.05) is 23.0 Å². The van der Waals surface area contributed by atoms with E-state index in [0.717, 1.165) is 31.7 Å². The van der Waals surface area contributed by atoms with Gasteiger partial charge in [0.05, 0.1) is 24.1 Å². The third kappa shape index (κ3) is 6.14. The standard InChI is InChI=1S/C21H28FN3O.C2H2O4/c1-15-13-24(14-16(2)26-15)11-10-17-4-3-5-21-20(17)12-23-25(21)19-8-6-18(22)7-9-19;3-1(4)2(5)6/h6-9,12,15-17H,3-5,10-11,13-14H2,1-2H3;(H,3,4)(H,5,6). The van der Waals surface area contributed by atoms with Crippen molar-refractivity contribution >= 4 is 11.9 Å². The van der Waals surface area contributed by atoms with Crippen LogP contribution in [0.2, 0.25) is 0 Å². The van der Waals surface area contributed by atoms with Crippen LogP contribution in [0.15, 0.2) is 30.5 Å². The topological polar surface area (TPSA) is 105 Å². The van der Waals surface area contributed by atoms with Gasteiger partial charge in [0.1, 0.15) is 5.82 Å². The lowest BCUT2D eigenvalue weighted by molar-refractivity contribution is -0.159. The van der Waals surface area contributed by atoms with Crippen molar-refractivity contribution in [2.24, 2.45) is 0 Å². The average molecular weight is 448 g/mol. The minimum Gasteiger partial charge on any atom is -0.473 e. The van der Waals surface area contributed by atoms with Gasteiger partial charge in [-0.05, 0) is 81.8 Å². The Kier molecular flexibility index (Phi) is 7.98. The number of nitrogens with zero attached hydrogens (tertiary/aromatic N) is 3. The number of fused-ring (bicyclic) bond motifs is 1.